The molecular weight excluding hydrogens is 785 g/mol. The number of benzene rings is 4. The van der Waals surface area contributed by atoms with Crippen LogP contribution in [-0.4, -0.2) is 87.1 Å². The third-order valence-electron chi connectivity index (χ3n) is 11.6. The molecule has 4 aromatic carbocycles. The third kappa shape index (κ3) is 9.19. The standard InChI is InChI=1S/C48H54N8O6/c1-7-39(55(8-2)46(58)42(54-48(60)62-6)32-13-10-9-11-14-32)43-49-27-37(51-43)31-18-16-30(17-19-31)33-20-21-35-26-36(23-22-34(35)25-33)38-28-50-44(52-38)40-15-12-24-56(40)45(57)41(29(3)4)53-47(59)61-5/h9-11,13-14,16-23,25-29,39-42H,7-8,12,15,24H2,1-6H3,(H,49,51)(H,50,52)(H,53,59)(H,54,60)/t39-,40-,41-,42+/m0/s1. The van der Waals surface area contributed by atoms with E-state index in [1.165, 1.54) is 14.2 Å². The normalized spacial score (nSPS) is 15.2. The van der Waals surface area contributed by atoms with Gasteiger partial charge in [0.15, 0.2) is 0 Å². The summed E-state index contributed by atoms with van der Waals surface area (Å²) in [6, 6.07) is 28.0. The zero-order chi connectivity index (χ0) is 43.9. The Morgan fingerprint density at radius 1 is 0.774 bits per heavy atom. The molecule has 2 aromatic heterocycles. The van der Waals surface area contributed by atoms with Gasteiger partial charge in [-0.1, -0.05) is 99.6 Å². The monoisotopic (exact) mass is 838 g/mol. The van der Waals surface area contributed by atoms with Crippen LogP contribution in [0.25, 0.3) is 44.4 Å². The number of hydrogen-bond acceptors (Lipinski definition) is 8. The van der Waals surface area contributed by atoms with Crippen LogP contribution < -0.4 is 10.6 Å². The Morgan fingerprint density at radius 3 is 2.05 bits per heavy atom. The van der Waals surface area contributed by atoms with Gasteiger partial charge in [-0.05, 0) is 77.3 Å². The Labute approximate surface area is 361 Å². The number of alkyl carbamates (subject to hydrolysis) is 2. The lowest BCUT2D eigenvalue weighted by molar-refractivity contribution is -0.136. The molecule has 4 amide bonds. The quantitative estimate of drug-likeness (QED) is 0.0843. The van der Waals surface area contributed by atoms with Crippen LogP contribution in [0.1, 0.15) is 82.3 Å². The van der Waals surface area contributed by atoms with Gasteiger partial charge in [0.2, 0.25) is 5.91 Å². The number of H-pyrrole nitrogens is 2. The summed E-state index contributed by atoms with van der Waals surface area (Å²) in [6.45, 7) is 8.73. The van der Waals surface area contributed by atoms with Crippen molar-refractivity contribution in [3.05, 3.63) is 121 Å². The average molecular weight is 839 g/mol. The number of rotatable bonds is 14. The molecule has 1 saturated heterocycles. The molecule has 4 N–H and O–H groups in total. The van der Waals surface area contributed by atoms with Crippen molar-refractivity contribution in [3.8, 4) is 33.6 Å². The summed E-state index contributed by atoms with van der Waals surface area (Å²) in [6.07, 6.45) is 4.53. The van der Waals surface area contributed by atoms with E-state index in [0.717, 1.165) is 63.1 Å². The van der Waals surface area contributed by atoms with E-state index in [2.05, 4.69) is 81.3 Å². The SMILES string of the molecule is CC[C@@H](c1ncc(-c2ccc(-c3ccc4cc(-c5cnc([C@@H]6CCCN6C(=O)[C@@H](NC(=O)OC)C(C)C)[nH]5)ccc4c3)cc2)[nH]1)N(CC)C(=O)[C@H](NC(=O)OC)c1ccccc1. The number of aromatic amines is 2. The zero-order valence-corrected chi connectivity index (χ0v) is 36.0. The Kier molecular flexibility index (Phi) is 13.3. The van der Waals surface area contributed by atoms with Crippen LogP contribution in [0.5, 0.6) is 0 Å². The Bertz CT molecular complexity index is 2520. The van der Waals surface area contributed by atoms with Gasteiger partial charge in [-0.2, -0.15) is 0 Å². The molecule has 62 heavy (non-hydrogen) atoms. The van der Waals surface area contributed by atoms with Gasteiger partial charge in [-0.3, -0.25) is 9.59 Å². The van der Waals surface area contributed by atoms with Crippen LogP contribution in [0.3, 0.4) is 0 Å². The number of carbonyl (C=O) groups is 4. The number of ether oxygens (including phenoxy) is 2. The molecule has 0 saturated carbocycles. The van der Waals surface area contributed by atoms with Crippen LogP contribution in [0, 0.1) is 5.92 Å². The lowest BCUT2D eigenvalue weighted by Crippen LogP contribution is -2.51. The Balaban J connectivity index is 1.04. The molecule has 14 nitrogen and oxygen atoms in total. The number of likely N-dealkylation sites (tertiary alicyclic amines) is 1. The Morgan fingerprint density at radius 2 is 1.39 bits per heavy atom. The van der Waals surface area contributed by atoms with Crippen molar-refractivity contribution in [2.24, 2.45) is 5.92 Å². The molecule has 6 aromatic rings. The van der Waals surface area contributed by atoms with Gasteiger partial charge in [-0.25, -0.2) is 19.6 Å². The largest absolute Gasteiger partial charge is 0.453 e. The minimum Gasteiger partial charge on any atom is -0.453 e. The van der Waals surface area contributed by atoms with Crippen LogP contribution in [0.4, 0.5) is 9.59 Å². The lowest BCUT2D eigenvalue weighted by atomic mass is 9.98. The van der Waals surface area contributed by atoms with E-state index in [1.807, 2.05) is 69.1 Å². The summed E-state index contributed by atoms with van der Waals surface area (Å²) < 4.78 is 9.62. The van der Waals surface area contributed by atoms with Gasteiger partial charge >= 0.3 is 12.2 Å². The van der Waals surface area contributed by atoms with E-state index in [4.69, 9.17) is 19.4 Å². The second kappa shape index (κ2) is 19.2. The van der Waals surface area contributed by atoms with Gasteiger partial charge < -0.3 is 39.9 Å². The van der Waals surface area contributed by atoms with Crippen LogP contribution in [-0.2, 0) is 19.1 Å². The van der Waals surface area contributed by atoms with Crippen molar-refractivity contribution in [2.45, 2.75) is 71.1 Å². The number of methoxy groups -OCH3 is 2. The van der Waals surface area contributed by atoms with Gasteiger partial charge in [-0.15, -0.1) is 0 Å². The maximum absolute atomic E-state index is 14.0. The molecule has 322 valence electrons. The highest BCUT2D eigenvalue weighted by Gasteiger charge is 2.38. The number of carbonyl (C=O) groups excluding carboxylic acids is 4. The molecule has 1 fully saturated rings. The number of imidazole rings is 2. The molecule has 1 aliphatic heterocycles. The first kappa shape index (κ1) is 43.1. The van der Waals surface area contributed by atoms with Gasteiger partial charge in [0.05, 0.1) is 50.1 Å². The van der Waals surface area contributed by atoms with E-state index in [-0.39, 0.29) is 29.8 Å². The van der Waals surface area contributed by atoms with Gasteiger partial charge in [0.1, 0.15) is 23.7 Å². The van der Waals surface area contributed by atoms with Gasteiger partial charge in [0, 0.05) is 18.7 Å². The fraction of sp³-hybridized carbons (Fsp3) is 0.333. The first-order valence-corrected chi connectivity index (χ1v) is 21.1. The number of amides is 4. The average Bonchev–Trinajstić information content (AvgIpc) is 4.11. The van der Waals surface area contributed by atoms with E-state index in [1.54, 1.807) is 11.1 Å². The van der Waals surface area contributed by atoms with Crippen LogP contribution in [0.15, 0.2) is 103 Å². The number of likely N-dealkylation sites (N-methyl/N-ethyl adjacent to an activating group) is 1. The molecule has 4 atom stereocenters. The summed E-state index contributed by atoms with van der Waals surface area (Å²) in [7, 11) is 2.57. The number of hydrogen-bond donors (Lipinski definition) is 4. The summed E-state index contributed by atoms with van der Waals surface area (Å²) in [4.78, 5) is 71.8. The third-order valence-corrected chi connectivity index (χ3v) is 11.6. The lowest BCUT2D eigenvalue weighted by Gasteiger charge is -2.32. The van der Waals surface area contributed by atoms with E-state index >= 15 is 0 Å². The minimum absolute atomic E-state index is 0.110. The molecule has 0 spiro atoms. The number of aromatic nitrogens is 4. The summed E-state index contributed by atoms with van der Waals surface area (Å²) in [5.74, 6) is 0.877. The Hall–Kier alpha value is -6.96. The highest BCUT2D eigenvalue weighted by atomic mass is 16.5. The molecule has 0 radical (unpaired) electrons. The van der Waals surface area contributed by atoms with Crippen LogP contribution >= 0.6 is 0 Å². The smallest absolute Gasteiger partial charge is 0.407 e. The molecule has 0 unspecified atom stereocenters. The fourth-order valence-corrected chi connectivity index (χ4v) is 8.30. The first-order valence-electron chi connectivity index (χ1n) is 21.1. The second-order valence-electron chi connectivity index (χ2n) is 15.8. The second-order valence-corrected chi connectivity index (χ2v) is 15.8. The molecule has 0 bridgehead atoms. The predicted octanol–water partition coefficient (Wildman–Crippen LogP) is 8.73. The van der Waals surface area contributed by atoms with Crippen molar-refractivity contribution >= 4 is 34.8 Å². The first-order chi connectivity index (χ1) is 30.0. The van der Waals surface area contributed by atoms with E-state index in [0.29, 0.717) is 30.9 Å². The topological polar surface area (TPSA) is 175 Å². The van der Waals surface area contributed by atoms with Crippen molar-refractivity contribution in [2.75, 3.05) is 27.3 Å². The molecule has 1 aliphatic rings. The fourth-order valence-electron chi connectivity index (χ4n) is 8.30. The molecule has 14 heteroatoms. The number of nitrogens with one attached hydrogen (secondary N) is 4. The van der Waals surface area contributed by atoms with Crippen molar-refractivity contribution in [1.29, 1.82) is 0 Å². The molecule has 3 heterocycles. The van der Waals surface area contributed by atoms with Crippen molar-refractivity contribution in [1.82, 2.24) is 40.4 Å². The molecular formula is C48H54N8O6. The number of fused-ring (bicyclic) bond motifs is 1. The molecule has 0 aliphatic carbocycles. The summed E-state index contributed by atoms with van der Waals surface area (Å²) >= 11 is 0. The van der Waals surface area contributed by atoms with Crippen LogP contribution in [0.2, 0.25) is 0 Å². The van der Waals surface area contributed by atoms with E-state index in [9.17, 15) is 19.2 Å². The maximum Gasteiger partial charge on any atom is 0.407 e. The minimum atomic E-state index is -0.919. The van der Waals surface area contributed by atoms with Gasteiger partial charge in [0.25, 0.3) is 5.91 Å². The molecule has 7 rings (SSSR count). The summed E-state index contributed by atoms with van der Waals surface area (Å²) in [5, 5.41) is 7.59. The van der Waals surface area contributed by atoms with E-state index < -0.39 is 24.3 Å². The van der Waals surface area contributed by atoms with Crippen molar-refractivity contribution < 1.29 is 28.7 Å². The van der Waals surface area contributed by atoms with Crippen molar-refractivity contribution in [3.63, 3.8) is 0 Å². The highest BCUT2D eigenvalue weighted by molar-refractivity contribution is 5.91. The highest BCUT2D eigenvalue weighted by Crippen LogP contribution is 2.35. The summed E-state index contributed by atoms with van der Waals surface area (Å²) in [5.41, 5.74) is 6.44. The predicted molar refractivity (Wildman–Crippen MR) is 238 cm³/mol. The number of nitrogens with zero attached hydrogens (tertiary/aromatic N) is 4. The zero-order valence-electron chi connectivity index (χ0n) is 36.0. The maximum atomic E-state index is 14.0.